The number of rotatable bonds is 1. The van der Waals surface area contributed by atoms with Crippen LogP contribution in [0.15, 0.2) is 0 Å². The molecule has 0 radical (unpaired) electrons. The van der Waals surface area contributed by atoms with Gasteiger partial charge in [0.25, 0.3) is 0 Å². The van der Waals surface area contributed by atoms with Crippen molar-refractivity contribution in [2.24, 2.45) is 0 Å². The molecule has 0 atom stereocenters. The van der Waals surface area contributed by atoms with Crippen molar-refractivity contribution in [3.8, 4) is 0 Å². The quantitative estimate of drug-likeness (QED) is 0.772. The minimum absolute atomic E-state index is 0.0759. The van der Waals surface area contributed by atoms with Crippen LogP contribution < -0.4 is 5.32 Å². The minimum Gasteiger partial charge on any atom is -0.465 e. The fourth-order valence-electron chi connectivity index (χ4n) is 1.50. The van der Waals surface area contributed by atoms with E-state index in [1.165, 1.54) is 6.92 Å². The van der Waals surface area contributed by atoms with E-state index in [1.54, 1.807) is 0 Å². The Kier molecular flexibility index (Phi) is 2.80. The number of hydrogen-bond acceptors (Lipinski definition) is 5. The van der Waals surface area contributed by atoms with E-state index in [0.29, 0.717) is 15.7 Å². The molecular weight excluding hydrogens is 246 g/mol. The summed E-state index contributed by atoms with van der Waals surface area (Å²) in [6.45, 7) is 1.25. The lowest BCUT2D eigenvalue weighted by atomic mass is 10.2. The van der Waals surface area contributed by atoms with Gasteiger partial charge in [0.05, 0.1) is 23.7 Å². The van der Waals surface area contributed by atoms with Gasteiger partial charge >= 0.3 is 6.09 Å². The third-order valence-corrected chi connectivity index (χ3v) is 3.23. The summed E-state index contributed by atoms with van der Waals surface area (Å²) in [5.41, 5.74) is 0.400. The molecule has 0 aliphatic carbocycles. The summed E-state index contributed by atoms with van der Waals surface area (Å²) in [7, 11) is 0. The van der Waals surface area contributed by atoms with E-state index >= 15 is 0 Å². The van der Waals surface area contributed by atoms with Crippen molar-refractivity contribution in [1.82, 2.24) is 9.88 Å². The maximum Gasteiger partial charge on any atom is 0.408 e. The summed E-state index contributed by atoms with van der Waals surface area (Å²) in [4.78, 5) is 38.7. The van der Waals surface area contributed by atoms with Crippen molar-refractivity contribution >= 4 is 34.3 Å². The summed E-state index contributed by atoms with van der Waals surface area (Å²) in [5, 5.41) is 11.6. The summed E-state index contributed by atoms with van der Waals surface area (Å²) in [5.74, 6) is -0.568. The number of aromatic nitrogens is 1. The van der Waals surface area contributed by atoms with Crippen LogP contribution in [0.3, 0.4) is 0 Å². The maximum atomic E-state index is 11.7. The Balaban J connectivity index is 2.29. The Morgan fingerprint density at radius 1 is 1.47 bits per heavy atom. The van der Waals surface area contributed by atoms with Gasteiger partial charge in [-0.1, -0.05) is 11.3 Å². The van der Waals surface area contributed by atoms with Gasteiger partial charge in [0.2, 0.25) is 5.91 Å². The highest BCUT2D eigenvalue weighted by Crippen LogP contribution is 2.28. The Bertz CT molecular complexity index is 510. The molecule has 0 saturated carbocycles. The monoisotopic (exact) mass is 255 g/mol. The standard InChI is InChI=1S/C9H9N3O4S/c1-4(13)10-8-11-5-2-12(9(15)16)3-6(14)7(5)17-8/h2-3H2,1H3,(H,15,16)(H,10,11,13). The number of fused-ring (bicyclic) bond motifs is 1. The molecule has 0 fully saturated rings. The molecule has 0 aromatic carbocycles. The van der Waals surface area contributed by atoms with Crippen LogP contribution in [0.4, 0.5) is 9.93 Å². The highest BCUT2D eigenvalue weighted by atomic mass is 32.1. The summed E-state index contributed by atoms with van der Waals surface area (Å²) < 4.78 is 0. The molecule has 2 heterocycles. The molecule has 8 heteroatoms. The molecule has 0 spiro atoms. The number of carbonyl (C=O) groups excluding carboxylic acids is 2. The van der Waals surface area contributed by atoms with E-state index in [-0.39, 0.29) is 24.8 Å². The van der Waals surface area contributed by atoms with Crippen LogP contribution in [0.2, 0.25) is 0 Å². The zero-order chi connectivity index (χ0) is 12.6. The fraction of sp³-hybridized carbons (Fsp3) is 0.333. The van der Waals surface area contributed by atoms with E-state index in [4.69, 9.17) is 5.11 Å². The van der Waals surface area contributed by atoms with Crippen LogP contribution in [0.1, 0.15) is 22.3 Å². The molecule has 1 aromatic rings. The lowest BCUT2D eigenvalue weighted by molar-refractivity contribution is -0.114. The lowest BCUT2D eigenvalue weighted by Gasteiger charge is -2.21. The second-order valence-corrected chi connectivity index (χ2v) is 4.54. The number of carboxylic acid groups (broad SMARTS) is 1. The molecule has 1 aromatic heterocycles. The summed E-state index contributed by atoms with van der Waals surface area (Å²) in [6, 6.07) is 0. The van der Waals surface area contributed by atoms with Gasteiger partial charge in [0.1, 0.15) is 0 Å². The molecule has 1 aliphatic heterocycles. The van der Waals surface area contributed by atoms with Crippen molar-refractivity contribution in [2.45, 2.75) is 13.5 Å². The van der Waals surface area contributed by atoms with E-state index < -0.39 is 6.09 Å². The number of Topliss-reactive ketones (excluding diaryl/α,β-unsaturated/α-hetero) is 1. The van der Waals surface area contributed by atoms with Crippen LogP contribution in [0.25, 0.3) is 0 Å². The normalized spacial score (nSPS) is 14.4. The molecule has 2 rings (SSSR count). The molecular formula is C9H9N3O4S. The summed E-state index contributed by atoms with van der Waals surface area (Å²) >= 11 is 1.07. The highest BCUT2D eigenvalue weighted by molar-refractivity contribution is 7.17. The largest absolute Gasteiger partial charge is 0.465 e. The first-order valence-corrected chi connectivity index (χ1v) is 5.57. The van der Waals surface area contributed by atoms with Gasteiger partial charge in [-0.05, 0) is 0 Å². The van der Waals surface area contributed by atoms with Crippen LogP contribution in [0.5, 0.6) is 0 Å². The topological polar surface area (TPSA) is 99.6 Å². The zero-order valence-electron chi connectivity index (χ0n) is 8.89. The second-order valence-electron chi connectivity index (χ2n) is 3.54. The average Bonchev–Trinajstić information content (AvgIpc) is 2.59. The fourth-order valence-corrected chi connectivity index (χ4v) is 2.45. The van der Waals surface area contributed by atoms with Crippen molar-refractivity contribution in [3.05, 3.63) is 10.6 Å². The smallest absolute Gasteiger partial charge is 0.408 e. The maximum absolute atomic E-state index is 11.7. The first-order valence-electron chi connectivity index (χ1n) is 4.75. The SMILES string of the molecule is CC(=O)Nc1nc2c(s1)C(=O)CN(C(=O)O)C2. The van der Waals surface area contributed by atoms with Crippen LogP contribution in [0, 0.1) is 0 Å². The number of carbonyl (C=O) groups is 3. The molecule has 7 nitrogen and oxygen atoms in total. The van der Waals surface area contributed by atoms with Gasteiger partial charge in [0.15, 0.2) is 10.9 Å². The summed E-state index contributed by atoms with van der Waals surface area (Å²) in [6.07, 6.45) is -1.15. The number of amides is 2. The number of nitrogens with one attached hydrogen (secondary N) is 1. The molecule has 0 bridgehead atoms. The van der Waals surface area contributed by atoms with Crippen molar-refractivity contribution in [1.29, 1.82) is 0 Å². The van der Waals surface area contributed by atoms with Gasteiger partial charge in [-0.3, -0.25) is 14.5 Å². The van der Waals surface area contributed by atoms with Crippen LogP contribution in [-0.4, -0.2) is 39.3 Å². The third kappa shape index (κ3) is 2.26. The predicted octanol–water partition coefficient (Wildman–Crippen LogP) is 0.778. The molecule has 1 aliphatic rings. The molecule has 17 heavy (non-hydrogen) atoms. The minimum atomic E-state index is -1.15. The zero-order valence-corrected chi connectivity index (χ0v) is 9.71. The first kappa shape index (κ1) is 11.5. The average molecular weight is 255 g/mol. The Morgan fingerprint density at radius 2 is 2.18 bits per heavy atom. The first-order chi connectivity index (χ1) is 7.97. The van der Waals surface area contributed by atoms with E-state index in [0.717, 1.165) is 16.2 Å². The highest BCUT2D eigenvalue weighted by Gasteiger charge is 2.29. The van der Waals surface area contributed by atoms with Crippen molar-refractivity contribution in [3.63, 3.8) is 0 Å². The molecule has 2 amide bonds. The molecule has 2 N–H and O–H groups in total. The van der Waals surface area contributed by atoms with E-state index in [9.17, 15) is 14.4 Å². The van der Waals surface area contributed by atoms with Gasteiger partial charge in [-0.25, -0.2) is 9.78 Å². The van der Waals surface area contributed by atoms with Gasteiger partial charge in [0, 0.05) is 6.92 Å². The van der Waals surface area contributed by atoms with Gasteiger partial charge in [-0.15, -0.1) is 0 Å². The number of thiazole rings is 1. The van der Waals surface area contributed by atoms with Gasteiger partial charge < -0.3 is 10.4 Å². The number of nitrogens with zero attached hydrogens (tertiary/aromatic N) is 2. The Labute approximate surface area is 100 Å². The van der Waals surface area contributed by atoms with Gasteiger partial charge in [-0.2, -0.15) is 0 Å². The Hall–Kier alpha value is -1.96. The second kappa shape index (κ2) is 4.13. The van der Waals surface area contributed by atoms with Crippen LogP contribution in [-0.2, 0) is 11.3 Å². The van der Waals surface area contributed by atoms with Crippen molar-refractivity contribution < 1.29 is 19.5 Å². The van der Waals surface area contributed by atoms with E-state index in [1.807, 2.05) is 0 Å². The van der Waals surface area contributed by atoms with E-state index in [2.05, 4.69) is 10.3 Å². The number of anilines is 1. The number of hydrogen-bond donors (Lipinski definition) is 2. The third-order valence-electron chi connectivity index (χ3n) is 2.18. The van der Waals surface area contributed by atoms with Crippen molar-refractivity contribution in [2.75, 3.05) is 11.9 Å². The Morgan fingerprint density at radius 3 is 2.76 bits per heavy atom. The lowest BCUT2D eigenvalue weighted by Crippen LogP contribution is -2.38. The molecule has 0 unspecified atom stereocenters. The predicted molar refractivity (Wildman–Crippen MR) is 59.2 cm³/mol. The molecule has 0 saturated heterocycles. The number of ketones is 1. The van der Waals surface area contributed by atoms with Crippen LogP contribution >= 0.6 is 11.3 Å². The molecule has 90 valence electrons.